The first-order valence-corrected chi connectivity index (χ1v) is 12.3. The van der Waals surface area contributed by atoms with Crippen molar-refractivity contribution in [2.75, 3.05) is 13.1 Å². The molecule has 4 aromatic rings. The molecule has 0 radical (unpaired) electrons. The molecule has 2 unspecified atom stereocenters. The van der Waals surface area contributed by atoms with Crippen molar-refractivity contribution in [3.05, 3.63) is 75.9 Å². The monoisotopic (exact) mass is 496 g/mol. The fraction of sp³-hybridized carbons (Fsp3) is 0.280. The molecule has 0 saturated carbocycles. The number of rotatable bonds is 7. The minimum Gasteiger partial charge on any atom is -0.484 e. The van der Waals surface area contributed by atoms with E-state index in [0.717, 1.165) is 46.9 Å². The maximum atomic E-state index is 12.2. The number of pyridine rings is 1. The van der Waals surface area contributed by atoms with Gasteiger partial charge in [0.25, 0.3) is 5.91 Å². The molecule has 2 atom stereocenters. The number of likely N-dealkylation sites (tertiary alicyclic amines) is 1. The Kier molecular flexibility index (Phi) is 6.31. The highest BCUT2D eigenvalue weighted by molar-refractivity contribution is 7.17. The van der Waals surface area contributed by atoms with Crippen LogP contribution in [0.25, 0.3) is 16.2 Å². The zero-order valence-electron chi connectivity index (χ0n) is 18.6. The third-order valence-electron chi connectivity index (χ3n) is 6.04. The zero-order chi connectivity index (χ0) is 23.8. The number of imidazole rings is 1. The molecular formula is C25H25ClN4O3S. The van der Waals surface area contributed by atoms with E-state index in [2.05, 4.69) is 22.1 Å². The Hall–Kier alpha value is -2.91. The predicted octanol–water partition coefficient (Wildman–Crippen LogP) is 4.52. The molecule has 1 amide bonds. The van der Waals surface area contributed by atoms with Crippen LogP contribution in [0.5, 0.6) is 5.75 Å². The lowest BCUT2D eigenvalue weighted by Gasteiger charge is -2.16. The molecule has 1 aromatic carbocycles. The molecule has 1 aliphatic rings. The molecule has 1 aliphatic heterocycles. The van der Waals surface area contributed by atoms with Crippen molar-refractivity contribution < 1.29 is 14.6 Å². The van der Waals surface area contributed by atoms with E-state index in [4.69, 9.17) is 22.1 Å². The number of aliphatic hydroxyl groups excluding tert-OH is 1. The lowest BCUT2D eigenvalue weighted by atomic mass is 10.1. The Morgan fingerprint density at radius 3 is 2.91 bits per heavy atom. The Labute approximate surface area is 206 Å². The quantitative estimate of drug-likeness (QED) is 0.392. The summed E-state index contributed by atoms with van der Waals surface area (Å²) in [4.78, 5) is 20.2. The van der Waals surface area contributed by atoms with Gasteiger partial charge in [0.05, 0.1) is 22.9 Å². The lowest BCUT2D eigenvalue weighted by molar-refractivity contribution is 0.0998. The van der Waals surface area contributed by atoms with E-state index >= 15 is 0 Å². The van der Waals surface area contributed by atoms with Gasteiger partial charge in [-0.25, -0.2) is 4.98 Å². The standard InChI is InChI=1S/C25H25ClN4O3S/c1-15(18-4-2-3-5-19(18)26)33-21-10-22(34-24(21)25(27)32)20-11-28-23-7-6-16(13-30(20)23)12-29-9-8-17(31)14-29/h2-7,10-11,13,15,17,31H,8-9,12,14H2,1H3,(H2,27,32). The molecule has 3 N–H and O–H groups in total. The Bertz CT molecular complexity index is 1350. The van der Waals surface area contributed by atoms with E-state index in [1.165, 1.54) is 11.3 Å². The highest BCUT2D eigenvalue weighted by Crippen LogP contribution is 2.39. The number of halogens is 1. The molecule has 7 nitrogen and oxygen atoms in total. The first-order valence-electron chi connectivity index (χ1n) is 11.1. The van der Waals surface area contributed by atoms with Gasteiger partial charge < -0.3 is 15.6 Å². The van der Waals surface area contributed by atoms with E-state index in [1.54, 1.807) is 6.20 Å². The second-order valence-corrected chi connectivity index (χ2v) is 10.00. The molecule has 0 aliphatic carbocycles. The van der Waals surface area contributed by atoms with Crippen LogP contribution in [-0.4, -0.2) is 44.5 Å². The number of hydrogen-bond donors (Lipinski definition) is 2. The number of β-amino-alcohol motifs (C(OH)–C–C–N with tert-alkyl or cyclic N) is 1. The number of ether oxygens (including phenoxy) is 1. The molecule has 34 heavy (non-hydrogen) atoms. The molecule has 0 bridgehead atoms. The van der Waals surface area contributed by atoms with E-state index in [9.17, 15) is 9.90 Å². The molecule has 1 saturated heterocycles. The minimum atomic E-state index is -0.542. The summed E-state index contributed by atoms with van der Waals surface area (Å²) < 4.78 is 8.17. The summed E-state index contributed by atoms with van der Waals surface area (Å²) in [5.74, 6) is -0.114. The number of aromatic nitrogens is 2. The van der Waals surface area contributed by atoms with Gasteiger partial charge in [-0.1, -0.05) is 35.9 Å². The van der Waals surface area contributed by atoms with Gasteiger partial charge >= 0.3 is 0 Å². The summed E-state index contributed by atoms with van der Waals surface area (Å²) in [6, 6.07) is 13.3. The highest BCUT2D eigenvalue weighted by Gasteiger charge is 2.22. The summed E-state index contributed by atoms with van der Waals surface area (Å²) >= 11 is 7.61. The van der Waals surface area contributed by atoms with Gasteiger partial charge in [-0.3, -0.25) is 14.1 Å². The highest BCUT2D eigenvalue weighted by atomic mass is 35.5. The second kappa shape index (κ2) is 9.38. The van der Waals surface area contributed by atoms with E-state index in [-0.39, 0.29) is 12.2 Å². The first kappa shape index (κ1) is 22.9. The van der Waals surface area contributed by atoms with Crippen molar-refractivity contribution in [1.29, 1.82) is 0 Å². The van der Waals surface area contributed by atoms with E-state index in [0.29, 0.717) is 22.2 Å². The van der Waals surface area contributed by atoms with Crippen LogP contribution in [0.15, 0.2) is 54.9 Å². The SMILES string of the molecule is CC(Oc1cc(-c2cnc3ccc(CN4CCC(O)C4)cn23)sc1C(N)=O)c1ccccc1Cl. The van der Waals surface area contributed by atoms with Crippen LogP contribution in [0.4, 0.5) is 0 Å². The van der Waals surface area contributed by atoms with Crippen molar-refractivity contribution in [1.82, 2.24) is 14.3 Å². The number of nitrogens with zero attached hydrogens (tertiary/aromatic N) is 3. The van der Waals surface area contributed by atoms with Crippen LogP contribution in [-0.2, 0) is 6.54 Å². The zero-order valence-corrected chi connectivity index (χ0v) is 20.2. The molecule has 0 spiro atoms. The molecular weight excluding hydrogens is 472 g/mol. The number of thiophene rings is 1. The Morgan fingerprint density at radius 1 is 1.35 bits per heavy atom. The van der Waals surface area contributed by atoms with Crippen molar-refractivity contribution in [2.45, 2.75) is 32.1 Å². The van der Waals surface area contributed by atoms with Crippen molar-refractivity contribution in [3.8, 4) is 16.3 Å². The summed E-state index contributed by atoms with van der Waals surface area (Å²) in [6.45, 7) is 4.21. The predicted molar refractivity (Wildman–Crippen MR) is 133 cm³/mol. The van der Waals surface area contributed by atoms with Crippen LogP contribution in [0.1, 0.15) is 40.2 Å². The number of amides is 1. The van der Waals surface area contributed by atoms with Crippen molar-refractivity contribution in [3.63, 3.8) is 0 Å². The Balaban J connectivity index is 1.46. The summed E-state index contributed by atoms with van der Waals surface area (Å²) in [7, 11) is 0. The minimum absolute atomic E-state index is 0.252. The number of primary amides is 1. The molecule has 5 rings (SSSR count). The maximum absolute atomic E-state index is 12.2. The fourth-order valence-corrected chi connectivity index (χ4v) is 5.57. The van der Waals surface area contributed by atoms with Crippen LogP contribution >= 0.6 is 22.9 Å². The van der Waals surface area contributed by atoms with Crippen LogP contribution in [0.3, 0.4) is 0 Å². The molecule has 176 valence electrons. The average Bonchev–Trinajstić information content (AvgIpc) is 3.52. The van der Waals surface area contributed by atoms with Crippen molar-refractivity contribution in [2.24, 2.45) is 5.73 Å². The van der Waals surface area contributed by atoms with Gasteiger partial charge in [-0.05, 0) is 31.0 Å². The lowest BCUT2D eigenvalue weighted by Crippen LogP contribution is -2.21. The number of aliphatic hydroxyl groups is 1. The smallest absolute Gasteiger partial charge is 0.262 e. The number of benzene rings is 1. The number of nitrogens with two attached hydrogens (primary N) is 1. The van der Waals surface area contributed by atoms with Gasteiger partial charge in [0.2, 0.25) is 0 Å². The van der Waals surface area contributed by atoms with Gasteiger partial charge in [0.15, 0.2) is 0 Å². The number of hydrogen-bond acceptors (Lipinski definition) is 6. The number of carbonyl (C=O) groups excluding carboxylic acids is 1. The van der Waals surface area contributed by atoms with Gasteiger partial charge in [0, 0.05) is 42.5 Å². The third-order valence-corrected chi connectivity index (χ3v) is 7.54. The van der Waals surface area contributed by atoms with Gasteiger partial charge in [-0.15, -0.1) is 11.3 Å². The summed E-state index contributed by atoms with van der Waals surface area (Å²) in [6.07, 6.45) is 4.03. The number of carbonyl (C=O) groups is 1. The average molecular weight is 497 g/mol. The van der Waals surface area contributed by atoms with Gasteiger partial charge in [0.1, 0.15) is 22.4 Å². The third kappa shape index (κ3) is 4.54. The Morgan fingerprint density at radius 2 is 2.18 bits per heavy atom. The normalized spacial score (nSPS) is 17.3. The second-order valence-electron chi connectivity index (χ2n) is 8.54. The maximum Gasteiger partial charge on any atom is 0.262 e. The van der Waals surface area contributed by atoms with Crippen molar-refractivity contribution >= 4 is 34.5 Å². The molecule has 9 heteroatoms. The van der Waals surface area contributed by atoms with Gasteiger partial charge in [-0.2, -0.15) is 0 Å². The van der Waals surface area contributed by atoms with E-state index < -0.39 is 5.91 Å². The summed E-state index contributed by atoms with van der Waals surface area (Å²) in [5.41, 5.74) is 9.30. The largest absolute Gasteiger partial charge is 0.484 e. The van der Waals surface area contributed by atoms with Crippen LogP contribution in [0.2, 0.25) is 5.02 Å². The topological polar surface area (TPSA) is 93.1 Å². The van der Waals surface area contributed by atoms with E-state index in [1.807, 2.05) is 47.7 Å². The fourth-order valence-electron chi connectivity index (χ4n) is 4.33. The van der Waals surface area contributed by atoms with Crippen LogP contribution in [0, 0.1) is 0 Å². The molecule has 4 heterocycles. The molecule has 1 fully saturated rings. The summed E-state index contributed by atoms with van der Waals surface area (Å²) in [5, 5.41) is 10.4. The first-order chi connectivity index (χ1) is 16.4. The van der Waals surface area contributed by atoms with Crippen LogP contribution < -0.4 is 10.5 Å². The molecule has 3 aromatic heterocycles. The number of fused-ring (bicyclic) bond motifs is 1.